The molecule has 0 radical (unpaired) electrons. The molecular weight excluding hydrogens is 384 g/mol. The van der Waals surface area contributed by atoms with Crippen LogP contribution in [0.15, 0.2) is 57.7 Å². The first-order valence-electron chi connectivity index (χ1n) is 9.78. The van der Waals surface area contributed by atoms with Crippen LogP contribution in [-0.2, 0) is 15.1 Å². The quantitative estimate of drug-likeness (QED) is 0.625. The number of carbonyl (C=O) groups is 2. The monoisotopic (exact) mass is 404 g/mol. The SMILES string of the molecule is COCCCN1C(=O)c2oc3ccccc3c(=O)c2C12C(=O)N(C)c1ccccc12. The molecule has 1 spiro atoms. The number of hydrogen-bond donors (Lipinski definition) is 0. The van der Waals surface area contributed by atoms with Crippen LogP contribution in [-0.4, -0.2) is 44.0 Å². The van der Waals surface area contributed by atoms with Gasteiger partial charge in [-0.15, -0.1) is 0 Å². The van der Waals surface area contributed by atoms with Crippen molar-refractivity contribution in [2.75, 3.05) is 32.2 Å². The number of amides is 2. The van der Waals surface area contributed by atoms with Crippen LogP contribution in [0, 0.1) is 0 Å². The highest BCUT2D eigenvalue weighted by Crippen LogP contribution is 2.51. The molecule has 0 bridgehead atoms. The van der Waals surface area contributed by atoms with Crippen LogP contribution in [0.3, 0.4) is 0 Å². The predicted molar refractivity (Wildman–Crippen MR) is 111 cm³/mol. The maximum atomic E-state index is 13.7. The molecule has 1 unspecified atom stereocenters. The van der Waals surface area contributed by atoms with E-state index in [1.165, 1.54) is 9.80 Å². The predicted octanol–water partition coefficient (Wildman–Crippen LogP) is 2.51. The van der Waals surface area contributed by atoms with Crippen molar-refractivity contribution in [1.82, 2.24) is 4.90 Å². The van der Waals surface area contributed by atoms with Crippen LogP contribution in [0.2, 0.25) is 0 Å². The van der Waals surface area contributed by atoms with E-state index in [2.05, 4.69) is 0 Å². The highest BCUT2D eigenvalue weighted by molar-refractivity contribution is 6.16. The molecule has 1 aromatic heterocycles. The van der Waals surface area contributed by atoms with E-state index in [1.54, 1.807) is 44.5 Å². The summed E-state index contributed by atoms with van der Waals surface area (Å²) in [4.78, 5) is 43.9. The van der Waals surface area contributed by atoms with Gasteiger partial charge in [0.1, 0.15) is 5.58 Å². The van der Waals surface area contributed by atoms with Crippen molar-refractivity contribution in [3.63, 3.8) is 0 Å². The first-order valence-corrected chi connectivity index (χ1v) is 9.78. The van der Waals surface area contributed by atoms with E-state index >= 15 is 0 Å². The number of ether oxygens (including phenoxy) is 1. The maximum absolute atomic E-state index is 13.7. The van der Waals surface area contributed by atoms with E-state index in [0.717, 1.165) is 0 Å². The Kier molecular flexibility index (Phi) is 4.04. The van der Waals surface area contributed by atoms with Crippen LogP contribution in [0.1, 0.15) is 28.1 Å². The Hall–Kier alpha value is -3.45. The molecule has 0 aliphatic carbocycles. The summed E-state index contributed by atoms with van der Waals surface area (Å²) >= 11 is 0. The molecule has 2 amide bonds. The maximum Gasteiger partial charge on any atom is 0.291 e. The zero-order valence-corrected chi connectivity index (χ0v) is 16.7. The summed E-state index contributed by atoms with van der Waals surface area (Å²) in [7, 11) is 3.24. The van der Waals surface area contributed by atoms with Gasteiger partial charge in [0.05, 0.1) is 10.9 Å². The number of fused-ring (bicyclic) bond motifs is 5. The minimum absolute atomic E-state index is 0.0606. The average molecular weight is 404 g/mol. The largest absolute Gasteiger partial charge is 0.450 e. The third kappa shape index (κ3) is 2.15. The van der Waals surface area contributed by atoms with Gasteiger partial charge in [0, 0.05) is 38.6 Å². The summed E-state index contributed by atoms with van der Waals surface area (Å²) in [5.41, 5.74) is -0.165. The summed E-state index contributed by atoms with van der Waals surface area (Å²) in [6.07, 6.45) is 0.519. The topological polar surface area (TPSA) is 80.1 Å². The minimum atomic E-state index is -1.53. The molecular formula is C23H20N2O5. The van der Waals surface area contributed by atoms with Crippen LogP contribution in [0.4, 0.5) is 5.69 Å². The number of methoxy groups -OCH3 is 1. The summed E-state index contributed by atoms with van der Waals surface area (Å²) in [6.45, 7) is 0.672. The second-order valence-electron chi connectivity index (χ2n) is 7.53. The first-order chi connectivity index (χ1) is 14.5. The Morgan fingerprint density at radius 2 is 1.77 bits per heavy atom. The van der Waals surface area contributed by atoms with Gasteiger partial charge in [0.15, 0.2) is 11.0 Å². The number of carbonyl (C=O) groups excluding carboxylic acids is 2. The van der Waals surface area contributed by atoms with Gasteiger partial charge in [-0.3, -0.25) is 14.4 Å². The Balaban J connectivity index is 1.87. The number of benzene rings is 2. The van der Waals surface area contributed by atoms with Crippen molar-refractivity contribution in [2.24, 2.45) is 0 Å². The van der Waals surface area contributed by atoms with E-state index < -0.39 is 11.4 Å². The van der Waals surface area contributed by atoms with Crippen molar-refractivity contribution in [3.8, 4) is 0 Å². The van der Waals surface area contributed by atoms with E-state index in [4.69, 9.17) is 9.15 Å². The van der Waals surface area contributed by atoms with E-state index in [-0.39, 0.29) is 29.2 Å². The van der Waals surface area contributed by atoms with E-state index in [0.29, 0.717) is 35.2 Å². The second-order valence-corrected chi connectivity index (χ2v) is 7.53. The highest BCUT2D eigenvalue weighted by atomic mass is 16.5. The molecule has 2 aliphatic heterocycles. The minimum Gasteiger partial charge on any atom is -0.450 e. The fourth-order valence-corrected chi connectivity index (χ4v) is 4.71. The van der Waals surface area contributed by atoms with Crippen molar-refractivity contribution >= 4 is 28.5 Å². The summed E-state index contributed by atoms with van der Waals surface area (Å²) < 4.78 is 11.1. The molecule has 1 atom stereocenters. The lowest BCUT2D eigenvalue weighted by Crippen LogP contribution is -2.53. The fourth-order valence-electron chi connectivity index (χ4n) is 4.71. The Labute approximate surface area is 172 Å². The van der Waals surface area contributed by atoms with E-state index in [9.17, 15) is 14.4 Å². The molecule has 2 aliphatic rings. The summed E-state index contributed by atoms with van der Waals surface area (Å²) in [5.74, 6) is -0.854. The lowest BCUT2D eigenvalue weighted by Gasteiger charge is -2.33. The Morgan fingerprint density at radius 1 is 1.03 bits per heavy atom. The van der Waals surface area contributed by atoms with Gasteiger partial charge in [-0.05, 0) is 24.6 Å². The number of para-hydroxylation sites is 2. The number of nitrogens with zero attached hydrogens (tertiary/aromatic N) is 2. The second kappa shape index (κ2) is 6.53. The molecule has 152 valence electrons. The van der Waals surface area contributed by atoms with Gasteiger partial charge in [-0.2, -0.15) is 0 Å². The normalized spacial score (nSPS) is 19.8. The number of likely N-dealkylation sites (N-methyl/N-ethyl adjacent to an activating group) is 1. The number of anilines is 1. The molecule has 5 rings (SSSR count). The number of hydrogen-bond acceptors (Lipinski definition) is 5. The van der Waals surface area contributed by atoms with Crippen LogP contribution in [0.5, 0.6) is 0 Å². The molecule has 0 N–H and O–H groups in total. The van der Waals surface area contributed by atoms with Gasteiger partial charge < -0.3 is 19.0 Å². The van der Waals surface area contributed by atoms with Gasteiger partial charge in [-0.25, -0.2) is 0 Å². The lowest BCUT2D eigenvalue weighted by molar-refractivity contribution is -0.125. The zero-order valence-electron chi connectivity index (χ0n) is 16.7. The third-order valence-corrected chi connectivity index (χ3v) is 6.00. The van der Waals surface area contributed by atoms with Crippen molar-refractivity contribution in [2.45, 2.75) is 12.0 Å². The van der Waals surface area contributed by atoms with E-state index in [1.807, 2.05) is 18.2 Å². The van der Waals surface area contributed by atoms with Gasteiger partial charge in [0.2, 0.25) is 5.76 Å². The van der Waals surface area contributed by atoms with Crippen molar-refractivity contribution in [1.29, 1.82) is 0 Å². The summed E-state index contributed by atoms with van der Waals surface area (Å²) in [6, 6.07) is 14.1. The zero-order chi connectivity index (χ0) is 21.0. The molecule has 7 heteroatoms. The molecule has 30 heavy (non-hydrogen) atoms. The van der Waals surface area contributed by atoms with Crippen LogP contribution < -0.4 is 10.3 Å². The summed E-state index contributed by atoms with van der Waals surface area (Å²) in [5, 5.41) is 0.349. The molecule has 2 aromatic carbocycles. The molecule has 0 fully saturated rings. The Bertz CT molecular complexity index is 1260. The van der Waals surface area contributed by atoms with Gasteiger partial charge in [-0.1, -0.05) is 30.3 Å². The molecule has 3 aromatic rings. The molecule has 3 heterocycles. The lowest BCUT2D eigenvalue weighted by atomic mass is 9.84. The van der Waals surface area contributed by atoms with Gasteiger partial charge in [0.25, 0.3) is 11.8 Å². The fraction of sp³-hybridized carbons (Fsp3) is 0.261. The van der Waals surface area contributed by atoms with Crippen molar-refractivity contribution < 1.29 is 18.7 Å². The molecule has 0 saturated carbocycles. The third-order valence-electron chi connectivity index (χ3n) is 6.00. The van der Waals surface area contributed by atoms with Crippen molar-refractivity contribution in [3.05, 3.63) is 75.6 Å². The van der Waals surface area contributed by atoms with Gasteiger partial charge >= 0.3 is 0 Å². The standard InChI is InChI=1S/C23H20N2O5/c1-24-16-10-5-4-9-15(16)23(22(24)28)18-19(26)14-8-3-6-11-17(14)30-20(18)21(27)25(23)12-7-13-29-2/h3-6,8-11H,7,12-13H2,1-2H3. The molecule has 7 nitrogen and oxygen atoms in total. The Morgan fingerprint density at radius 3 is 2.57 bits per heavy atom. The smallest absolute Gasteiger partial charge is 0.291 e. The highest BCUT2D eigenvalue weighted by Gasteiger charge is 2.64. The average Bonchev–Trinajstić information content (AvgIpc) is 3.14. The van der Waals surface area contributed by atoms with Crippen LogP contribution in [0.25, 0.3) is 11.0 Å². The first kappa shape index (κ1) is 18.6. The molecule has 0 saturated heterocycles. The van der Waals surface area contributed by atoms with Crippen LogP contribution >= 0.6 is 0 Å². The number of rotatable bonds is 4.